The summed E-state index contributed by atoms with van der Waals surface area (Å²) in [6.07, 6.45) is 3.46. The molecule has 0 aliphatic carbocycles. The van der Waals surface area contributed by atoms with E-state index in [-0.39, 0.29) is 0 Å². The summed E-state index contributed by atoms with van der Waals surface area (Å²) >= 11 is 0. The monoisotopic (exact) mass is 177 g/mol. The first-order valence-corrected chi connectivity index (χ1v) is 3.91. The van der Waals surface area contributed by atoms with E-state index in [1.165, 1.54) is 0 Å². The van der Waals surface area contributed by atoms with E-state index in [2.05, 4.69) is 24.7 Å². The molecule has 13 heavy (non-hydrogen) atoms. The van der Waals surface area contributed by atoms with E-state index in [1.54, 1.807) is 19.4 Å². The average Bonchev–Trinajstić information content (AvgIpc) is 2.20. The lowest BCUT2D eigenvalue weighted by atomic mass is 10.2. The van der Waals surface area contributed by atoms with Gasteiger partial charge >= 0.3 is 0 Å². The van der Waals surface area contributed by atoms with Crippen LogP contribution in [0.4, 0.5) is 0 Å². The summed E-state index contributed by atoms with van der Waals surface area (Å²) < 4.78 is 5.06. The number of hydrogen-bond acceptors (Lipinski definition) is 2. The molecule has 0 amide bonds. The highest BCUT2D eigenvalue weighted by molar-refractivity contribution is 5.55. The van der Waals surface area contributed by atoms with Crippen LogP contribution in [0.25, 0.3) is 6.08 Å². The average molecular weight is 177 g/mol. The van der Waals surface area contributed by atoms with Crippen LogP contribution < -0.4 is 4.74 Å². The van der Waals surface area contributed by atoms with Crippen LogP contribution in [-0.4, -0.2) is 12.1 Å². The van der Waals surface area contributed by atoms with Crippen molar-refractivity contribution in [3.8, 4) is 5.75 Å². The van der Waals surface area contributed by atoms with Crippen molar-refractivity contribution in [1.29, 1.82) is 0 Å². The molecule has 0 aromatic carbocycles. The second kappa shape index (κ2) is 6.00. The van der Waals surface area contributed by atoms with Gasteiger partial charge in [0.05, 0.1) is 13.3 Å². The number of methoxy groups -OCH3 is 1. The lowest BCUT2D eigenvalue weighted by Gasteiger charge is -2.03. The second-order valence-electron chi connectivity index (χ2n) is 2.27. The van der Waals surface area contributed by atoms with Gasteiger partial charge in [0.25, 0.3) is 0 Å². The van der Waals surface area contributed by atoms with E-state index in [9.17, 15) is 0 Å². The maximum absolute atomic E-state index is 5.06. The Kier molecular flexibility index (Phi) is 5.28. The first-order chi connectivity index (χ1) is 6.27. The SMILES string of the molecule is C=C.C=Cc1cc(C)ncc1OC. The third kappa shape index (κ3) is 3.11. The van der Waals surface area contributed by atoms with Crippen LogP contribution in [0.15, 0.2) is 32.0 Å². The highest BCUT2D eigenvalue weighted by atomic mass is 16.5. The third-order valence-electron chi connectivity index (χ3n) is 1.47. The molecule has 1 heterocycles. The second-order valence-corrected chi connectivity index (χ2v) is 2.27. The molecule has 0 N–H and O–H groups in total. The summed E-state index contributed by atoms with van der Waals surface area (Å²) in [5, 5.41) is 0. The zero-order chi connectivity index (χ0) is 10.3. The standard InChI is InChI=1S/C9H11NO.C2H4/c1-4-8-5-7(2)10-6-9(8)11-3;1-2/h4-6H,1H2,2-3H3;1-2H2. The van der Waals surface area contributed by atoms with Gasteiger partial charge in [0.2, 0.25) is 0 Å². The number of hydrogen-bond donors (Lipinski definition) is 0. The minimum absolute atomic E-state index is 0.769. The topological polar surface area (TPSA) is 22.1 Å². The Hall–Kier alpha value is -1.57. The lowest BCUT2D eigenvalue weighted by Crippen LogP contribution is -1.89. The molecule has 0 fully saturated rings. The van der Waals surface area contributed by atoms with Gasteiger partial charge in [-0.15, -0.1) is 13.2 Å². The molecule has 0 radical (unpaired) electrons. The van der Waals surface area contributed by atoms with E-state index in [0.717, 1.165) is 17.0 Å². The van der Waals surface area contributed by atoms with Gasteiger partial charge in [-0.1, -0.05) is 12.7 Å². The van der Waals surface area contributed by atoms with E-state index in [4.69, 9.17) is 4.74 Å². The van der Waals surface area contributed by atoms with Crippen molar-refractivity contribution in [2.24, 2.45) is 0 Å². The molecule has 0 aliphatic heterocycles. The Morgan fingerprint density at radius 2 is 2.08 bits per heavy atom. The summed E-state index contributed by atoms with van der Waals surface area (Å²) in [6.45, 7) is 11.6. The van der Waals surface area contributed by atoms with Crippen LogP contribution >= 0.6 is 0 Å². The quantitative estimate of drug-likeness (QED) is 0.648. The Labute approximate surface area is 79.6 Å². The predicted octanol–water partition coefficient (Wildman–Crippen LogP) is 2.84. The van der Waals surface area contributed by atoms with Gasteiger partial charge in [-0.2, -0.15) is 0 Å². The summed E-state index contributed by atoms with van der Waals surface area (Å²) in [5.41, 5.74) is 1.96. The van der Waals surface area contributed by atoms with Crippen LogP contribution in [0.3, 0.4) is 0 Å². The fraction of sp³-hybridized carbons (Fsp3) is 0.182. The van der Waals surface area contributed by atoms with Gasteiger partial charge in [0, 0.05) is 11.3 Å². The molecule has 0 saturated heterocycles. The first-order valence-electron chi connectivity index (χ1n) is 3.91. The minimum atomic E-state index is 0.769. The molecule has 0 saturated carbocycles. The van der Waals surface area contributed by atoms with Crippen LogP contribution in [-0.2, 0) is 0 Å². The van der Waals surface area contributed by atoms with Gasteiger partial charge in [-0.05, 0) is 13.0 Å². The molecular weight excluding hydrogens is 162 g/mol. The van der Waals surface area contributed by atoms with Crippen molar-refractivity contribution in [3.05, 3.63) is 43.3 Å². The fourth-order valence-electron chi connectivity index (χ4n) is 0.898. The van der Waals surface area contributed by atoms with Crippen molar-refractivity contribution in [2.75, 3.05) is 7.11 Å². The molecule has 70 valence electrons. The first kappa shape index (κ1) is 11.4. The van der Waals surface area contributed by atoms with Gasteiger partial charge in [-0.25, -0.2) is 0 Å². The summed E-state index contributed by atoms with van der Waals surface area (Å²) in [6, 6.07) is 1.94. The smallest absolute Gasteiger partial charge is 0.144 e. The van der Waals surface area contributed by atoms with Crippen molar-refractivity contribution in [3.63, 3.8) is 0 Å². The maximum Gasteiger partial charge on any atom is 0.144 e. The number of aromatic nitrogens is 1. The summed E-state index contributed by atoms with van der Waals surface area (Å²) in [7, 11) is 1.62. The van der Waals surface area contributed by atoms with Crippen molar-refractivity contribution in [1.82, 2.24) is 4.98 Å². The molecule has 0 atom stereocenters. The Balaban J connectivity index is 0.000000671. The van der Waals surface area contributed by atoms with Crippen LogP contribution in [0.2, 0.25) is 0 Å². The molecule has 1 aromatic heterocycles. The molecule has 0 unspecified atom stereocenters. The van der Waals surface area contributed by atoms with E-state index in [1.807, 2.05) is 13.0 Å². The number of aryl methyl sites for hydroxylation is 1. The van der Waals surface area contributed by atoms with Crippen molar-refractivity contribution in [2.45, 2.75) is 6.92 Å². The van der Waals surface area contributed by atoms with Crippen LogP contribution in [0.1, 0.15) is 11.3 Å². The molecule has 2 heteroatoms. The minimum Gasteiger partial charge on any atom is -0.495 e. The summed E-state index contributed by atoms with van der Waals surface area (Å²) in [5.74, 6) is 0.769. The fourth-order valence-corrected chi connectivity index (χ4v) is 0.898. The molecule has 1 aromatic rings. The number of pyridine rings is 1. The highest BCUT2D eigenvalue weighted by Crippen LogP contribution is 2.17. The van der Waals surface area contributed by atoms with Crippen LogP contribution in [0, 0.1) is 6.92 Å². The number of nitrogens with zero attached hydrogens (tertiary/aromatic N) is 1. The van der Waals surface area contributed by atoms with E-state index in [0.29, 0.717) is 0 Å². The van der Waals surface area contributed by atoms with E-state index >= 15 is 0 Å². The molecule has 0 aliphatic rings. The van der Waals surface area contributed by atoms with Gasteiger partial charge in [0.15, 0.2) is 0 Å². The Morgan fingerprint density at radius 1 is 1.46 bits per heavy atom. The van der Waals surface area contributed by atoms with Gasteiger partial charge in [0.1, 0.15) is 5.75 Å². The molecule has 1 rings (SSSR count). The zero-order valence-corrected chi connectivity index (χ0v) is 8.21. The maximum atomic E-state index is 5.06. The summed E-state index contributed by atoms with van der Waals surface area (Å²) in [4.78, 5) is 4.09. The number of ether oxygens (including phenoxy) is 1. The number of rotatable bonds is 2. The zero-order valence-electron chi connectivity index (χ0n) is 8.21. The van der Waals surface area contributed by atoms with Crippen molar-refractivity contribution >= 4 is 6.08 Å². The van der Waals surface area contributed by atoms with Gasteiger partial charge in [-0.3, -0.25) is 4.98 Å². The van der Waals surface area contributed by atoms with Gasteiger partial charge < -0.3 is 4.74 Å². The lowest BCUT2D eigenvalue weighted by molar-refractivity contribution is 0.411. The molecule has 2 nitrogen and oxygen atoms in total. The van der Waals surface area contributed by atoms with Crippen LogP contribution in [0.5, 0.6) is 5.75 Å². The van der Waals surface area contributed by atoms with E-state index < -0.39 is 0 Å². The molecule has 0 bridgehead atoms. The Bertz CT molecular complexity index is 281. The molecular formula is C11H15NO. The van der Waals surface area contributed by atoms with Crippen molar-refractivity contribution < 1.29 is 4.74 Å². The predicted molar refractivity (Wildman–Crippen MR) is 56.9 cm³/mol. The highest BCUT2D eigenvalue weighted by Gasteiger charge is 1.98. The third-order valence-corrected chi connectivity index (χ3v) is 1.47. The molecule has 0 spiro atoms. The normalized spacial score (nSPS) is 8.15. The Morgan fingerprint density at radius 3 is 2.54 bits per heavy atom. The largest absolute Gasteiger partial charge is 0.495 e.